The lowest BCUT2D eigenvalue weighted by molar-refractivity contribution is -0.870. The number of carbonyl (C=O) groups excluding carboxylic acids is 3. The van der Waals surface area contributed by atoms with Crippen LogP contribution >= 0.6 is 7.82 Å². The summed E-state index contributed by atoms with van der Waals surface area (Å²) in [6.45, 7) is 2.30. The normalized spacial score (nSPS) is 21.8. The number of allylic oxidation sites excluding steroid dienone is 1. The van der Waals surface area contributed by atoms with Crippen LogP contribution in [0.1, 0.15) is 142 Å². The molecule has 0 aliphatic carbocycles. The number of unbranched alkanes of at least 4 members (excludes halogenated alkanes) is 14. The number of nitrogens with one attached hydrogen (secondary N) is 1. The molecule has 0 radical (unpaired) electrons. The molecule has 20 nitrogen and oxygen atoms in total. The van der Waals surface area contributed by atoms with E-state index in [9.17, 15) is 32.3 Å². The molecule has 2 aliphatic heterocycles. The molecule has 380 valence electrons. The third-order valence-corrected chi connectivity index (χ3v) is 12.3. The van der Waals surface area contributed by atoms with Gasteiger partial charge in [-0.2, -0.15) is 13.9 Å². The lowest BCUT2D eigenvalue weighted by Crippen LogP contribution is -2.43. The van der Waals surface area contributed by atoms with Gasteiger partial charge in [0.25, 0.3) is 0 Å². The lowest BCUT2D eigenvalue weighted by Gasteiger charge is -2.35. The molecule has 3 unspecified atom stereocenters. The lowest BCUT2D eigenvalue weighted by atomic mass is 9.94. The molecule has 0 spiro atoms. The smallest absolute Gasteiger partial charge is 0.462 e. The Morgan fingerprint density at radius 3 is 2.06 bits per heavy atom. The van der Waals surface area contributed by atoms with Crippen LogP contribution in [0.5, 0.6) is 0 Å². The molecule has 2 rings (SSSR count). The fourth-order valence-electron chi connectivity index (χ4n) is 7.48. The van der Waals surface area contributed by atoms with Crippen molar-refractivity contribution in [3.8, 4) is 0 Å². The molecule has 0 aromatic carbocycles. The van der Waals surface area contributed by atoms with E-state index in [0.717, 1.165) is 77.0 Å². The van der Waals surface area contributed by atoms with Gasteiger partial charge in [0, 0.05) is 39.4 Å². The van der Waals surface area contributed by atoms with Gasteiger partial charge >= 0.3 is 36.1 Å². The Kier molecular flexibility index (Phi) is 28.9. The summed E-state index contributed by atoms with van der Waals surface area (Å²) in [6, 6.07) is -0.758. The number of ether oxygens (including phenoxy) is 6. The van der Waals surface area contributed by atoms with Crippen molar-refractivity contribution in [2.24, 2.45) is 0 Å². The second kappa shape index (κ2) is 31.8. The maximum absolute atomic E-state index is 12.5. The molecule has 0 aromatic heterocycles. The zero-order chi connectivity index (χ0) is 48.2. The van der Waals surface area contributed by atoms with Crippen molar-refractivity contribution >= 4 is 36.1 Å². The molecule has 0 aromatic rings. The van der Waals surface area contributed by atoms with Crippen LogP contribution in [0.3, 0.4) is 0 Å². The molecule has 4 N–H and O–H groups in total. The van der Waals surface area contributed by atoms with Gasteiger partial charge in [-0.15, -0.1) is 0 Å². The van der Waals surface area contributed by atoms with E-state index in [-0.39, 0.29) is 44.1 Å². The van der Waals surface area contributed by atoms with Crippen LogP contribution < -0.4 is 5.48 Å². The second-order valence-corrected chi connectivity index (χ2v) is 20.5. The van der Waals surface area contributed by atoms with Gasteiger partial charge < -0.3 is 43.0 Å². The van der Waals surface area contributed by atoms with Gasteiger partial charge in [0.15, 0.2) is 11.9 Å². The Hall–Kier alpha value is -2.11. The summed E-state index contributed by atoms with van der Waals surface area (Å²) in [5, 5.41) is 9.03. The minimum Gasteiger partial charge on any atom is -0.462 e. The van der Waals surface area contributed by atoms with Crippen molar-refractivity contribution in [3.63, 3.8) is 0 Å². The van der Waals surface area contributed by atoms with Gasteiger partial charge in [-0.25, -0.2) is 13.5 Å². The molecule has 22 heteroatoms. The third-order valence-electron chi connectivity index (χ3n) is 10.9. The van der Waals surface area contributed by atoms with Gasteiger partial charge in [-0.1, -0.05) is 83.1 Å². The number of rotatable bonds is 39. The molecular weight excluding hydrogens is 896 g/mol. The summed E-state index contributed by atoms with van der Waals surface area (Å²) in [5.74, 6) is -2.30. The predicted octanol–water partition coefficient (Wildman–Crippen LogP) is 6.27. The molecule has 0 amide bonds. The van der Waals surface area contributed by atoms with Gasteiger partial charge in [-0.3, -0.25) is 23.2 Å². The molecule has 2 aliphatic rings. The number of hydrogen-bond acceptors (Lipinski definition) is 17. The summed E-state index contributed by atoms with van der Waals surface area (Å²) >= 11 is 0. The summed E-state index contributed by atoms with van der Waals surface area (Å²) in [4.78, 5) is 45.8. The highest BCUT2D eigenvalue weighted by atomic mass is 32.3. The Morgan fingerprint density at radius 1 is 0.831 bits per heavy atom. The Morgan fingerprint density at radius 2 is 1.46 bits per heavy atom. The van der Waals surface area contributed by atoms with Gasteiger partial charge in [0.2, 0.25) is 0 Å². The quantitative estimate of drug-likeness (QED) is 0.00773. The zero-order valence-corrected chi connectivity index (χ0v) is 41.1. The number of phosphoric acid groups is 1. The largest absolute Gasteiger partial charge is 0.472 e. The number of likely N-dealkylation sites (N-methyl/N-ethyl adjacent to an activating group) is 1. The monoisotopic (exact) mass is 975 g/mol. The zero-order valence-electron chi connectivity index (χ0n) is 39.4. The maximum Gasteiger partial charge on any atom is 0.472 e. The number of fused-ring (bicyclic) bond motifs is 2. The Labute approximate surface area is 386 Å². The predicted molar refractivity (Wildman–Crippen MR) is 238 cm³/mol. The fraction of sp³-hybridized carbons (Fsp3) is 0.884. The molecule has 2 bridgehead atoms. The minimum absolute atomic E-state index is 0.0249. The number of phosphoric ester groups is 1. The minimum atomic E-state index is -4.56. The highest BCUT2D eigenvalue weighted by molar-refractivity contribution is 7.80. The SMILES string of the molecule is CC(=O)OCC(COP(=O)(O)OCC[N+](C)(C)C)OC(=O)/C=C/CCCCC[C@H]1O[C@]2(CCCCCCCCCCCCCCOCC(COS(=O)(=O)O)NO)CC[C@@H](OC(C)=O)[C@@H]1O2. The first-order valence-electron chi connectivity index (χ1n) is 23.3. The van der Waals surface area contributed by atoms with Crippen molar-refractivity contribution in [2.45, 2.75) is 179 Å². The topological polar surface area (TPSA) is 258 Å². The van der Waals surface area contributed by atoms with E-state index < -0.39 is 61.3 Å². The van der Waals surface area contributed by atoms with Crippen LogP contribution in [0.15, 0.2) is 12.2 Å². The second-order valence-electron chi connectivity index (χ2n) is 18.0. The van der Waals surface area contributed by atoms with E-state index in [2.05, 4.69) is 4.18 Å². The fourth-order valence-corrected chi connectivity index (χ4v) is 8.56. The number of carbonyl (C=O) groups is 3. The average molecular weight is 976 g/mol. The van der Waals surface area contributed by atoms with E-state index in [1.807, 2.05) is 26.6 Å². The number of hydrogen-bond donors (Lipinski definition) is 4. The van der Waals surface area contributed by atoms with Gasteiger partial charge in [-0.05, 0) is 38.5 Å². The standard InChI is InChI=1S/C43H79N2O18PS/c1-35(46)56-33-38(34-58-64(50,51)57-30-28-45(3,4)5)61-41(48)24-20-16-14-15-19-23-40-42-39(60-36(2)47)25-27-43(62-40,63-42)26-21-17-12-10-8-6-7-9-11-13-18-22-29-55-31-37(44-49)32-59-65(52,53)54/h20,24,37-40,42,44,49H,6-19,21-23,25-34H2,1-5H3,(H-,50,51,52,53,54)/p+1/b24-20+/t37?,38?,39-,40-,42+,43+/m1/s1. The molecule has 2 fully saturated rings. The van der Waals surface area contributed by atoms with Crippen molar-refractivity contribution < 1.29 is 88.2 Å². The van der Waals surface area contributed by atoms with Crippen LogP contribution in [0.2, 0.25) is 0 Å². The van der Waals surface area contributed by atoms with Crippen LogP contribution in [-0.4, -0.2) is 149 Å². The molecule has 2 heterocycles. The van der Waals surface area contributed by atoms with Gasteiger partial charge in [0.05, 0.1) is 53.1 Å². The number of esters is 3. The van der Waals surface area contributed by atoms with E-state index in [1.165, 1.54) is 52.0 Å². The van der Waals surface area contributed by atoms with E-state index in [4.69, 9.17) is 47.2 Å². The summed E-state index contributed by atoms with van der Waals surface area (Å²) in [5.41, 5.74) is 1.90. The Balaban J connectivity index is 1.62. The van der Waals surface area contributed by atoms with Crippen molar-refractivity contribution in [2.75, 3.05) is 67.3 Å². The molecule has 7 atom stereocenters. The number of hydroxylamine groups is 1. The maximum atomic E-state index is 12.5. The van der Waals surface area contributed by atoms with Gasteiger partial charge in [0.1, 0.15) is 32.0 Å². The number of nitrogens with zero attached hydrogens (tertiary/aromatic N) is 1. The van der Waals surface area contributed by atoms with E-state index in [0.29, 0.717) is 36.9 Å². The third kappa shape index (κ3) is 29.4. The van der Waals surface area contributed by atoms with Crippen LogP contribution in [0, 0.1) is 0 Å². The summed E-state index contributed by atoms with van der Waals surface area (Å²) < 4.78 is 91.5. The first kappa shape index (κ1) is 59.0. The molecule has 2 saturated heterocycles. The van der Waals surface area contributed by atoms with Crippen molar-refractivity contribution in [1.82, 2.24) is 5.48 Å². The highest BCUT2D eigenvalue weighted by Crippen LogP contribution is 2.46. The molecule has 0 saturated carbocycles. The van der Waals surface area contributed by atoms with Crippen molar-refractivity contribution in [1.29, 1.82) is 0 Å². The van der Waals surface area contributed by atoms with Crippen LogP contribution in [0.4, 0.5) is 0 Å². The summed E-state index contributed by atoms with van der Waals surface area (Å²) in [6.07, 6.45) is 20.5. The molecule has 65 heavy (non-hydrogen) atoms. The van der Waals surface area contributed by atoms with Crippen molar-refractivity contribution in [3.05, 3.63) is 12.2 Å². The van der Waals surface area contributed by atoms with Crippen LogP contribution in [-0.2, 0) is 71.0 Å². The average Bonchev–Trinajstić information content (AvgIpc) is 3.51. The first-order valence-corrected chi connectivity index (χ1v) is 26.1. The van der Waals surface area contributed by atoms with E-state index >= 15 is 0 Å². The van der Waals surface area contributed by atoms with Crippen LogP contribution in [0.25, 0.3) is 0 Å². The Bertz CT molecular complexity index is 1550. The van der Waals surface area contributed by atoms with E-state index in [1.54, 1.807) is 6.08 Å². The number of quaternary nitrogens is 1. The first-order chi connectivity index (χ1) is 30.7. The summed E-state index contributed by atoms with van der Waals surface area (Å²) in [7, 11) is -3.28. The molecular formula is C43H80N2O18PS+. The highest BCUT2D eigenvalue weighted by Gasteiger charge is 2.54.